The van der Waals surface area contributed by atoms with Crippen molar-refractivity contribution in [3.63, 3.8) is 0 Å². The van der Waals surface area contributed by atoms with E-state index in [-0.39, 0.29) is 18.6 Å². The fourth-order valence-corrected chi connectivity index (χ4v) is 3.22. The predicted octanol–water partition coefficient (Wildman–Crippen LogP) is 2.43. The Bertz CT molecular complexity index is 600. The molecule has 1 fully saturated rings. The summed E-state index contributed by atoms with van der Waals surface area (Å²) in [5.41, 5.74) is 0. The van der Waals surface area contributed by atoms with Crippen molar-refractivity contribution in [3.8, 4) is 0 Å². The number of rotatable bonds is 5. The number of ketones is 1. The molecule has 0 saturated carbocycles. The number of hydrogen-bond acceptors (Lipinski definition) is 4. The maximum Gasteiger partial charge on any atom is 0.394 e. The summed E-state index contributed by atoms with van der Waals surface area (Å²) in [7, 11) is 0. The number of aliphatic carboxylic acids is 1. The lowest BCUT2D eigenvalue weighted by Crippen LogP contribution is -2.34. The van der Waals surface area contributed by atoms with E-state index in [1.807, 2.05) is 0 Å². The number of amides is 1. The molecule has 0 aliphatic carbocycles. The lowest BCUT2D eigenvalue weighted by Gasteiger charge is -2.18. The predicted molar refractivity (Wildman–Crippen MR) is 75.1 cm³/mol. The van der Waals surface area contributed by atoms with Gasteiger partial charge in [-0.2, -0.15) is 13.2 Å². The summed E-state index contributed by atoms with van der Waals surface area (Å²) in [6, 6.07) is 3.29. The highest BCUT2D eigenvalue weighted by atomic mass is 32.1. The molecule has 1 amide bonds. The van der Waals surface area contributed by atoms with Gasteiger partial charge in [0.05, 0.1) is 16.7 Å². The van der Waals surface area contributed by atoms with Crippen LogP contribution >= 0.6 is 11.3 Å². The molecular weight excluding hydrogens is 335 g/mol. The minimum absolute atomic E-state index is 0.107. The van der Waals surface area contributed by atoms with E-state index in [1.165, 1.54) is 11.3 Å². The van der Waals surface area contributed by atoms with Gasteiger partial charge in [-0.25, -0.2) is 0 Å². The molecule has 1 aliphatic heterocycles. The zero-order valence-corrected chi connectivity index (χ0v) is 12.7. The average molecular weight is 349 g/mol. The van der Waals surface area contributed by atoms with Crippen molar-refractivity contribution >= 4 is 29.0 Å². The van der Waals surface area contributed by atoms with Gasteiger partial charge in [0.15, 0.2) is 5.78 Å². The van der Waals surface area contributed by atoms with Crippen LogP contribution in [0, 0.1) is 11.8 Å². The number of Topliss-reactive ketones (excluding diaryl/α,β-unsaturated/α-hetero) is 1. The zero-order chi connectivity index (χ0) is 17.2. The summed E-state index contributed by atoms with van der Waals surface area (Å²) < 4.78 is 38.6. The summed E-state index contributed by atoms with van der Waals surface area (Å²) in [5.74, 6) is -6.19. The van der Waals surface area contributed by atoms with Gasteiger partial charge in [-0.05, 0) is 11.4 Å². The van der Waals surface area contributed by atoms with Gasteiger partial charge in [-0.3, -0.25) is 14.4 Å². The van der Waals surface area contributed by atoms with E-state index in [0.29, 0.717) is 4.88 Å². The molecule has 1 saturated heterocycles. The normalized spacial score (nSPS) is 21.4. The average Bonchev–Trinajstić information content (AvgIpc) is 3.11. The summed E-state index contributed by atoms with van der Waals surface area (Å²) in [5, 5.41) is 10.6. The van der Waals surface area contributed by atoms with Crippen molar-refractivity contribution in [1.29, 1.82) is 0 Å². The molecule has 0 spiro atoms. The highest BCUT2D eigenvalue weighted by Crippen LogP contribution is 2.38. The Balaban J connectivity index is 1.95. The van der Waals surface area contributed by atoms with Gasteiger partial charge in [0.2, 0.25) is 5.91 Å². The van der Waals surface area contributed by atoms with Crippen molar-refractivity contribution in [1.82, 2.24) is 4.90 Å². The molecule has 5 nitrogen and oxygen atoms in total. The lowest BCUT2D eigenvalue weighted by molar-refractivity contribution is -0.188. The first-order chi connectivity index (χ1) is 10.7. The van der Waals surface area contributed by atoms with E-state index in [9.17, 15) is 27.6 Å². The van der Waals surface area contributed by atoms with Crippen LogP contribution in [0.15, 0.2) is 17.5 Å². The molecule has 1 aromatic heterocycles. The number of alkyl halides is 3. The molecule has 0 bridgehead atoms. The van der Waals surface area contributed by atoms with E-state index in [0.717, 1.165) is 4.90 Å². The SMILES string of the molecule is O=C(CCC(=O)N1C[C@@H](C(F)(F)F)[C@H](C(=O)O)C1)c1cccs1. The standard InChI is InChI=1S/C14H14F3NO4S/c15-14(16,17)9-7-18(6-8(9)13(21)22)12(20)4-3-10(19)11-2-1-5-23-11/h1-2,5,8-9H,3-4,6-7H2,(H,21,22)/t8-,9-/m1/s1. The Morgan fingerprint density at radius 3 is 2.43 bits per heavy atom. The third-order valence-electron chi connectivity index (χ3n) is 3.77. The number of carbonyl (C=O) groups is 3. The van der Waals surface area contributed by atoms with Crippen LogP contribution in [0.1, 0.15) is 22.5 Å². The van der Waals surface area contributed by atoms with Crippen LogP contribution in [-0.2, 0) is 9.59 Å². The molecule has 1 aliphatic rings. The molecule has 0 radical (unpaired) electrons. The van der Waals surface area contributed by atoms with Gasteiger partial charge in [0.25, 0.3) is 0 Å². The Hall–Kier alpha value is -1.90. The topological polar surface area (TPSA) is 74.7 Å². The minimum atomic E-state index is -4.68. The fraction of sp³-hybridized carbons (Fsp3) is 0.500. The fourth-order valence-electron chi connectivity index (χ4n) is 2.53. The molecule has 0 aromatic carbocycles. The quantitative estimate of drug-likeness (QED) is 0.829. The molecule has 23 heavy (non-hydrogen) atoms. The Labute approximate surface area is 133 Å². The van der Waals surface area contributed by atoms with E-state index in [1.54, 1.807) is 17.5 Å². The van der Waals surface area contributed by atoms with Crippen LogP contribution in [0.25, 0.3) is 0 Å². The van der Waals surface area contributed by atoms with Crippen molar-refractivity contribution in [2.45, 2.75) is 19.0 Å². The van der Waals surface area contributed by atoms with Crippen molar-refractivity contribution in [2.75, 3.05) is 13.1 Å². The smallest absolute Gasteiger partial charge is 0.394 e. The highest BCUT2D eigenvalue weighted by molar-refractivity contribution is 7.12. The van der Waals surface area contributed by atoms with E-state index in [2.05, 4.69) is 0 Å². The van der Waals surface area contributed by atoms with Crippen LogP contribution in [0.4, 0.5) is 13.2 Å². The molecule has 126 valence electrons. The van der Waals surface area contributed by atoms with E-state index < -0.39 is 43.0 Å². The molecule has 1 N–H and O–H groups in total. The summed E-state index contributed by atoms with van der Waals surface area (Å²) >= 11 is 1.22. The molecule has 1 aromatic rings. The third-order valence-corrected chi connectivity index (χ3v) is 4.68. The number of likely N-dealkylation sites (tertiary alicyclic amines) is 1. The first kappa shape index (κ1) is 17.5. The highest BCUT2D eigenvalue weighted by Gasteiger charge is 2.53. The van der Waals surface area contributed by atoms with Gasteiger partial charge in [-0.15, -0.1) is 11.3 Å². The van der Waals surface area contributed by atoms with E-state index >= 15 is 0 Å². The monoisotopic (exact) mass is 349 g/mol. The second kappa shape index (κ2) is 6.69. The van der Waals surface area contributed by atoms with Crippen molar-refractivity contribution < 1.29 is 32.7 Å². The number of carboxylic acid groups (broad SMARTS) is 1. The number of halogens is 3. The van der Waals surface area contributed by atoms with Crippen LogP contribution < -0.4 is 0 Å². The van der Waals surface area contributed by atoms with Gasteiger partial charge in [0, 0.05) is 25.9 Å². The Morgan fingerprint density at radius 1 is 1.26 bits per heavy atom. The summed E-state index contributed by atoms with van der Waals surface area (Å²) in [4.78, 5) is 36.1. The van der Waals surface area contributed by atoms with E-state index in [4.69, 9.17) is 5.11 Å². The van der Waals surface area contributed by atoms with Crippen LogP contribution in [-0.4, -0.2) is 46.9 Å². The molecular formula is C14H14F3NO4S. The number of thiophene rings is 1. The van der Waals surface area contributed by atoms with Crippen LogP contribution in [0.2, 0.25) is 0 Å². The molecule has 2 heterocycles. The van der Waals surface area contributed by atoms with Gasteiger partial charge in [-0.1, -0.05) is 6.07 Å². The summed E-state index contributed by atoms with van der Waals surface area (Å²) in [6.07, 6.45) is -5.01. The molecule has 2 rings (SSSR count). The number of nitrogens with zero attached hydrogens (tertiary/aromatic N) is 1. The second-order valence-electron chi connectivity index (χ2n) is 5.29. The molecule has 2 atom stereocenters. The summed E-state index contributed by atoms with van der Waals surface area (Å²) in [6.45, 7) is -1.15. The lowest BCUT2D eigenvalue weighted by atomic mass is 9.96. The van der Waals surface area contributed by atoms with Gasteiger partial charge < -0.3 is 10.0 Å². The number of carboxylic acids is 1. The van der Waals surface area contributed by atoms with Crippen LogP contribution in [0.5, 0.6) is 0 Å². The maximum atomic E-state index is 12.9. The zero-order valence-electron chi connectivity index (χ0n) is 11.9. The Kier molecular flexibility index (Phi) is 5.08. The number of hydrogen-bond donors (Lipinski definition) is 1. The largest absolute Gasteiger partial charge is 0.481 e. The first-order valence-corrected chi connectivity index (χ1v) is 7.72. The minimum Gasteiger partial charge on any atom is -0.481 e. The third kappa shape index (κ3) is 4.10. The van der Waals surface area contributed by atoms with Crippen LogP contribution in [0.3, 0.4) is 0 Å². The molecule has 9 heteroatoms. The molecule has 0 unspecified atom stereocenters. The first-order valence-electron chi connectivity index (χ1n) is 6.84. The van der Waals surface area contributed by atoms with Crippen molar-refractivity contribution in [2.24, 2.45) is 11.8 Å². The number of carbonyl (C=O) groups excluding carboxylic acids is 2. The Morgan fingerprint density at radius 2 is 1.96 bits per heavy atom. The van der Waals surface area contributed by atoms with Gasteiger partial charge in [0.1, 0.15) is 0 Å². The maximum absolute atomic E-state index is 12.9. The van der Waals surface area contributed by atoms with Gasteiger partial charge >= 0.3 is 12.1 Å². The van der Waals surface area contributed by atoms with Crippen molar-refractivity contribution in [3.05, 3.63) is 22.4 Å². The second-order valence-corrected chi connectivity index (χ2v) is 6.24.